The second kappa shape index (κ2) is 10.7. The molecular weight excluding hydrogens is 454 g/mol. The van der Waals surface area contributed by atoms with Gasteiger partial charge in [-0.1, -0.05) is 30.3 Å². The molecule has 0 spiro atoms. The number of hydrogen-bond acceptors (Lipinski definition) is 7. The van der Waals surface area contributed by atoms with Crippen molar-refractivity contribution in [2.24, 2.45) is 0 Å². The van der Waals surface area contributed by atoms with E-state index in [-0.39, 0.29) is 30.2 Å². The van der Waals surface area contributed by atoms with Crippen molar-refractivity contribution >= 4 is 29.2 Å². The lowest BCUT2D eigenvalue weighted by Crippen LogP contribution is -2.36. The Labute approximate surface area is 200 Å². The number of nitrogens with one attached hydrogen (secondary N) is 3. The third kappa shape index (κ3) is 5.41. The maximum atomic E-state index is 13.1. The Morgan fingerprint density at radius 3 is 2.49 bits per heavy atom. The summed E-state index contributed by atoms with van der Waals surface area (Å²) in [5.74, 6) is -0.497. The molecule has 182 valence electrons. The van der Waals surface area contributed by atoms with Gasteiger partial charge in [-0.15, -0.1) is 0 Å². The first-order chi connectivity index (χ1) is 17.0. The number of methoxy groups -OCH3 is 1. The molecule has 1 fully saturated rings. The highest BCUT2D eigenvalue weighted by molar-refractivity contribution is 6.05. The number of H-pyrrole nitrogens is 1. The van der Waals surface area contributed by atoms with Crippen molar-refractivity contribution in [1.82, 2.24) is 9.55 Å². The minimum Gasteiger partial charge on any atom is -0.447 e. The third-order valence-electron chi connectivity index (χ3n) is 5.46. The Morgan fingerprint density at radius 1 is 1.09 bits per heavy atom. The van der Waals surface area contributed by atoms with Gasteiger partial charge in [0.1, 0.15) is 18.1 Å². The van der Waals surface area contributed by atoms with Crippen LogP contribution < -0.4 is 26.8 Å². The topological polar surface area (TPSA) is 135 Å². The number of carbonyl (C=O) groups excluding carboxylic acids is 2. The van der Waals surface area contributed by atoms with Crippen molar-refractivity contribution in [3.05, 3.63) is 86.6 Å². The van der Waals surface area contributed by atoms with Crippen LogP contribution in [0.4, 0.5) is 22.0 Å². The molecular formula is C24H25N5O6. The minimum absolute atomic E-state index is 0.0314. The quantitative estimate of drug-likeness (QED) is 0.427. The molecule has 11 heteroatoms. The number of rotatable bonds is 9. The molecule has 3 N–H and O–H groups in total. The van der Waals surface area contributed by atoms with E-state index in [0.717, 1.165) is 5.56 Å². The summed E-state index contributed by atoms with van der Waals surface area (Å²) in [6.07, 6.45) is -0.443. The van der Waals surface area contributed by atoms with Gasteiger partial charge in [0.2, 0.25) is 0 Å². The highest BCUT2D eigenvalue weighted by Gasteiger charge is 2.24. The van der Waals surface area contributed by atoms with Crippen LogP contribution in [0.15, 0.2) is 64.2 Å². The molecule has 0 atom stereocenters. The van der Waals surface area contributed by atoms with Crippen LogP contribution in [0.25, 0.3) is 0 Å². The molecule has 0 bridgehead atoms. The molecule has 3 aromatic rings. The fourth-order valence-corrected chi connectivity index (χ4v) is 3.65. The fourth-order valence-electron chi connectivity index (χ4n) is 3.65. The maximum Gasteiger partial charge on any atom is 0.414 e. The van der Waals surface area contributed by atoms with E-state index in [1.54, 1.807) is 24.3 Å². The molecule has 1 saturated heterocycles. The van der Waals surface area contributed by atoms with E-state index < -0.39 is 23.2 Å². The van der Waals surface area contributed by atoms with Gasteiger partial charge in [0, 0.05) is 24.9 Å². The molecule has 11 nitrogen and oxygen atoms in total. The largest absolute Gasteiger partial charge is 0.447 e. The Kier molecular flexibility index (Phi) is 7.27. The molecule has 1 aliphatic rings. The summed E-state index contributed by atoms with van der Waals surface area (Å²) in [4.78, 5) is 53.8. The van der Waals surface area contributed by atoms with Crippen LogP contribution in [0.5, 0.6) is 0 Å². The second-order valence-corrected chi connectivity index (χ2v) is 7.73. The van der Waals surface area contributed by atoms with Gasteiger partial charge >= 0.3 is 11.8 Å². The Balaban J connectivity index is 1.63. The molecule has 1 aromatic heterocycles. The summed E-state index contributed by atoms with van der Waals surface area (Å²) >= 11 is 0. The Hall–Kier alpha value is -4.38. The monoisotopic (exact) mass is 479 g/mol. The van der Waals surface area contributed by atoms with Crippen LogP contribution >= 0.6 is 0 Å². The summed E-state index contributed by atoms with van der Waals surface area (Å²) in [7, 11) is 1.49. The van der Waals surface area contributed by atoms with Crippen LogP contribution in [0, 0.1) is 0 Å². The van der Waals surface area contributed by atoms with Crippen molar-refractivity contribution in [3.8, 4) is 0 Å². The van der Waals surface area contributed by atoms with Crippen LogP contribution in [0.3, 0.4) is 0 Å². The zero-order chi connectivity index (χ0) is 24.8. The molecule has 0 aliphatic carbocycles. The van der Waals surface area contributed by atoms with E-state index in [1.807, 2.05) is 30.3 Å². The van der Waals surface area contributed by atoms with Crippen LogP contribution in [0.2, 0.25) is 0 Å². The highest BCUT2D eigenvalue weighted by atomic mass is 16.6. The van der Waals surface area contributed by atoms with Gasteiger partial charge in [-0.3, -0.25) is 24.0 Å². The number of aromatic amines is 1. The van der Waals surface area contributed by atoms with E-state index in [4.69, 9.17) is 9.47 Å². The van der Waals surface area contributed by atoms with Gasteiger partial charge < -0.3 is 20.1 Å². The summed E-state index contributed by atoms with van der Waals surface area (Å²) < 4.78 is 11.3. The molecule has 35 heavy (non-hydrogen) atoms. The highest BCUT2D eigenvalue weighted by Crippen LogP contribution is 2.21. The predicted octanol–water partition coefficient (Wildman–Crippen LogP) is 2.00. The Bertz CT molecular complexity index is 1320. The van der Waals surface area contributed by atoms with Gasteiger partial charge in [0.25, 0.3) is 11.5 Å². The Morgan fingerprint density at radius 2 is 1.83 bits per heavy atom. The summed E-state index contributed by atoms with van der Waals surface area (Å²) in [5, 5.41) is 5.73. The molecule has 0 unspecified atom stereocenters. The molecule has 2 heterocycles. The predicted molar refractivity (Wildman–Crippen MR) is 130 cm³/mol. The van der Waals surface area contributed by atoms with Gasteiger partial charge in [-0.05, 0) is 29.8 Å². The normalized spacial score (nSPS) is 12.9. The fraction of sp³-hybridized carbons (Fsp3) is 0.250. The lowest BCUT2D eigenvalue weighted by Gasteiger charge is -2.18. The minimum atomic E-state index is -0.671. The number of amides is 2. The van der Waals surface area contributed by atoms with Crippen molar-refractivity contribution < 1.29 is 19.1 Å². The second-order valence-electron chi connectivity index (χ2n) is 7.73. The summed E-state index contributed by atoms with van der Waals surface area (Å²) in [5.41, 5.74) is 0.515. The van der Waals surface area contributed by atoms with Gasteiger partial charge in [-0.25, -0.2) is 9.59 Å². The van der Waals surface area contributed by atoms with Crippen LogP contribution in [-0.2, 0) is 22.6 Å². The smallest absolute Gasteiger partial charge is 0.414 e. The number of benzene rings is 2. The van der Waals surface area contributed by atoms with Crippen molar-refractivity contribution in [3.63, 3.8) is 0 Å². The van der Waals surface area contributed by atoms with Gasteiger partial charge in [-0.2, -0.15) is 0 Å². The van der Waals surface area contributed by atoms with Crippen LogP contribution in [0.1, 0.15) is 15.9 Å². The first-order valence-electron chi connectivity index (χ1n) is 11.0. The first kappa shape index (κ1) is 23.8. The molecule has 4 rings (SSSR count). The summed E-state index contributed by atoms with van der Waals surface area (Å²) in [6.45, 7) is 1.34. The van der Waals surface area contributed by atoms with Gasteiger partial charge in [0.15, 0.2) is 0 Å². The molecule has 2 aromatic carbocycles. The maximum absolute atomic E-state index is 13.1. The number of nitrogens with zero attached hydrogens (tertiary/aromatic N) is 2. The number of anilines is 3. The lowest BCUT2D eigenvalue weighted by molar-refractivity contribution is 0.102. The van der Waals surface area contributed by atoms with Crippen LogP contribution in [-0.4, -0.2) is 48.4 Å². The lowest BCUT2D eigenvalue weighted by atomic mass is 10.2. The van der Waals surface area contributed by atoms with Crippen molar-refractivity contribution in [2.45, 2.75) is 13.1 Å². The standard InChI is InChI=1S/C24H25N5O6/c1-34-13-11-29-20(19(22(31)27-23(29)32)25-15-16-5-3-2-4-6-16)26-21(30)17-7-9-18(10-8-17)28-12-14-35-24(28)33/h2-10,25H,11-15H2,1H3,(H,26,30)(H,27,31,32). The van der Waals surface area contributed by atoms with E-state index in [9.17, 15) is 19.2 Å². The number of cyclic esters (lactones) is 1. The zero-order valence-electron chi connectivity index (χ0n) is 19.1. The molecule has 0 saturated carbocycles. The number of carbonyl (C=O) groups is 2. The zero-order valence-corrected chi connectivity index (χ0v) is 19.1. The average Bonchev–Trinajstić information content (AvgIpc) is 3.30. The number of ether oxygens (including phenoxy) is 2. The molecule has 0 radical (unpaired) electrons. The average molecular weight is 479 g/mol. The number of hydrogen-bond donors (Lipinski definition) is 3. The van der Waals surface area contributed by atoms with Crippen molar-refractivity contribution in [2.75, 3.05) is 42.4 Å². The van der Waals surface area contributed by atoms with E-state index in [0.29, 0.717) is 25.4 Å². The first-order valence-corrected chi connectivity index (χ1v) is 11.0. The van der Waals surface area contributed by atoms with E-state index in [1.165, 1.54) is 16.6 Å². The molecule has 1 aliphatic heterocycles. The third-order valence-corrected chi connectivity index (χ3v) is 5.46. The summed E-state index contributed by atoms with van der Waals surface area (Å²) in [6, 6.07) is 15.8. The SMILES string of the molecule is COCCn1c(NC(=O)c2ccc(N3CCOC3=O)cc2)c(NCc2ccccc2)c(=O)[nH]c1=O. The van der Waals surface area contributed by atoms with Gasteiger partial charge in [0.05, 0.1) is 19.7 Å². The molecule has 2 amide bonds. The van der Waals surface area contributed by atoms with E-state index in [2.05, 4.69) is 15.6 Å². The van der Waals surface area contributed by atoms with Crippen molar-refractivity contribution in [1.29, 1.82) is 0 Å². The number of aromatic nitrogens is 2. The van der Waals surface area contributed by atoms with E-state index >= 15 is 0 Å².